The maximum atomic E-state index is 11.2. The van der Waals surface area contributed by atoms with Crippen LogP contribution in [0.25, 0.3) is 5.57 Å². The van der Waals surface area contributed by atoms with Crippen LogP contribution in [0.2, 0.25) is 0 Å². The van der Waals surface area contributed by atoms with Crippen LogP contribution in [0.3, 0.4) is 0 Å². The van der Waals surface area contributed by atoms with E-state index in [9.17, 15) is 4.79 Å². The third-order valence-electron chi connectivity index (χ3n) is 3.61. The van der Waals surface area contributed by atoms with Crippen LogP contribution in [0.15, 0.2) is 65.3 Å². The Labute approximate surface area is 203 Å². The molecule has 0 spiro atoms. The number of Topliss-reactive ketones (excluding diaryl/α,β-unsaturated/α-hetero) is 1. The first-order valence-corrected chi connectivity index (χ1v) is 12.6. The first-order chi connectivity index (χ1) is 15.0. The molecular weight excluding hydrogens is 468 g/mol. The van der Waals surface area contributed by atoms with Crippen molar-refractivity contribution in [2.24, 2.45) is 0 Å². The molecule has 5 heteroatoms. The van der Waals surface area contributed by atoms with E-state index in [0.29, 0.717) is 0 Å². The summed E-state index contributed by atoms with van der Waals surface area (Å²) in [5.41, 5.74) is 1.16. The van der Waals surface area contributed by atoms with Crippen LogP contribution in [0, 0.1) is 0 Å². The number of hydrogen-bond donors (Lipinski definition) is 2. The van der Waals surface area contributed by atoms with E-state index in [-0.39, 0.29) is 5.78 Å². The fourth-order valence-corrected chi connectivity index (χ4v) is 3.32. The zero-order chi connectivity index (χ0) is 23.9. The van der Waals surface area contributed by atoms with Crippen molar-refractivity contribution in [3.8, 4) is 0 Å². The number of thiophene rings is 1. The van der Waals surface area contributed by atoms with Gasteiger partial charge >= 0.3 is 0 Å². The van der Waals surface area contributed by atoms with Gasteiger partial charge in [0.25, 0.3) is 0 Å². The Bertz CT molecular complexity index is 726. The molecule has 31 heavy (non-hydrogen) atoms. The van der Waals surface area contributed by atoms with E-state index in [1.165, 1.54) is 4.48 Å². The molecule has 1 heterocycles. The molecular formula is C26H41BrN2OS. The smallest absolute Gasteiger partial charge is 0.169 e. The van der Waals surface area contributed by atoms with Crippen molar-refractivity contribution in [3.05, 3.63) is 75.1 Å². The Morgan fingerprint density at radius 1 is 1.10 bits per heavy atom. The second-order valence-electron chi connectivity index (χ2n) is 6.05. The maximum absolute atomic E-state index is 11.2. The fourth-order valence-electron chi connectivity index (χ4n) is 2.03. The molecule has 1 aliphatic carbocycles. The van der Waals surface area contributed by atoms with Gasteiger partial charge < -0.3 is 10.6 Å². The van der Waals surface area contributed by atoms with Gasteiger partial charge in [0.05, 0.1) is 4.88 Å². The van der Waals surface area contributed by atoms with Crippen LogP contribution in [0.5, 0.6) is 0 Å². The molecule has 0 saturated heterocycles. The molecule has 0 aliphatic heterocycles. The van der Waals surface area contributed by atoms with E-state index in [0.717, 1.165) is 41.1 Å². The average molecular weight is 510 g/mol. The Kier molecular flexibility index (Phi) is 23.4. The third kappa shape index (κ3) is 17.7. The van der Waals surface area contributed by atoms with Gasteiger partial charge in [-0.05, 0) is 69.8 Å². The van der Waals surface area contributed by atoms with Gasteiger partial charge in [0.1, 0.15) is 0 Å². The number of ketones is 1. The van der Waals surface area contributed by atoms with Crippen molar-refractivity contribution in [1.82, 2.24) is 10.6 Å². The summed E-state index contributed by atoms with van der Waals surface area (Å²) in [7, 11) is 3.80. The number of halogens is 1. The van der Waals surface area contributed by atoms with Crippen LogP contribution in [0.1, 0.15) is 68.4 Å². The summed E-state index contributed by atoms with van der Waals surface area (Å²) in [6, 6.07) is 3.89. The fraction of sp³-hybridized carbons (Fsp3) is 0.423. The second kappa shape index (κ2) is 23.0. The maximum Gasteiger partial charge on any atom is 0.169 e. The average Bonchev–Trinajstić information content (AvgIpc) is 3.26. The van der Waals surface area contributed by atoms with Crippen molar-refractivity contribution in [3.63, 3.8) is 0 Å². The summed E-state index contributed by atoms with van der Waals surface area (Å²) >= 11 is 4.96. The highest BCUT2D eigenvalue weighted by atomic mass is 79.9. The molecule has 1 aromatic heterocycles. The zero-order valence-corrected chi connectivity index (χ0v) is 22.7. The van der Waals surface area contributed by atoms with Crippen LogP contribution in [-0.2, 0) is 0 Å². The predicted octanol–water partition coefficient (Wildman–Crippen LogP) is 7.90. The summed E-state index contributed by atoms with van der Waals surface area (Å²) < 4.78 is 1.19. The molecule has 0 atom stereocenters. The van der Waals surface area contributed by atoms with E-state index >= 15 is 0 Å². The number of rotatable bonds is 6. The highest BCUT2D eigenvalue weighted by molar-refractivity contribution is 9.11. The normalized spacial score (nSPS) is 14.8. The summed E-state index contributed by atoms with van der Waals surface area (Å²) in [6.45, 7) is 10.8. The van der Waals surface area contributed by atoms with Crippen LogP contribution < -0.4 is 10.6 Å². The summed E-state index contributed by atoms with van der Waals surface area (Å²) in [5, 5.41) is 5.90. The first-order valence-electron chi connectivity index (χ1n) is 11.0. The van der Waals surface area contributed by atoms with E-state index in [1.54, 1.807) is 18.3 Å². The van der Waals surface area contributed by atoms with E-state index in [1.807, 2.05) is 52.4 Å². The highest BCUT2D eigenvalue weighted by Gasteiger charge is 2.06. The van der Waals surface area contributed by atoms with E-state index < -0.39 is 0 Å². The molecule has 2 rings (SSSR count). The number of nitrogens with one attached hydrogen (secondary N) is 2. The lowest BCUT2D eigenvalue weighted by Gasteiger charge is -1.97. The van der Waals surface area contributed by atoms with Crippen LogP contribution in [0.4, 0.5) is 0 Å². The topological polar surface area (TPSA) is 41.1 Å². The largest absolute Gasteiger partial charge is 0.394 e. The van der Waals surface area contributed by atoms with Gasteiger partial charge in [-0.25, -0.2) is 0 Å². The third-order valence-corrected chi connectivity index (χ3v) is 5.43. The van der Waals surface area contributed by atoms with Crippen LogP contribution in [-0.4, -0.2) is 26.4 Å². The lowest BCUT2D eigenvalue weighted by Crippen LogP contribution is -2.01. The van der Waals surface area contributed by atoms with Crippen molar-refractivity contribution in [1.29, 1.82) is 0 Å². The lowest BCUT2D eigenvalue weighted by molar-refractivity contribution is 0.102. The van der Waals surface area contributed by atoms with Gasteiger partial charge in [0, 0.05) is 16.4 Å². The molecule has 3 nitrogen and oxygen atoms in total. The molecule has 0 bridgehead atoms. The lowest BCUT2D eigenvalue weighted by atomic mass is 10.2. The Hall–Kier alpha value is -1.69. The number of carbonyl (C=O) groups is 1. The number of allylic oxidation sites excluding steroid dienone is 9. The molecule has 0 amide bonds. The Morgan fingerprint density at radius 3 is 2.23 bits per heavy atom. The first kappa shape index (κ1) is 31.5. The molecule has 0 fully saturated rings. The SMILES string of the molecule is BrC1=CC/C=C\C/C=C\1.CC.CC/C=C(\C=C/NC)c1ccc(C(C)=O)s1.CCNC. The monoisotopic (exact) mass is 508 g/mol. The molecule has 1 aliphatic rings. The predicted molar refractivity (Wildman–Crippen MR) is 146 cm³/mol. The quantitative estimate of drug-likeness (QED) is 0.233. The van der Waals surface area contributed by atoms with Gasteiger partial charge in [0.15, 0.2) is 5.78 Å². The second-order valence-corrected chi connectivity index (χ2v) is 8.05. The highest BCUT2D eigenvalue weighted by Crippen LogP contribution is 2.25. The Balaban J connectivity index is 0. The minimum Gasteiger partial charge on any atom is -0.394 e. The number of hydrogen-bond acceptors (Lipinski definition) is 4. The summed E-state index contributed by atoms with van der Waals surface area (Å²) in [4.78, 5) is 13.2. The van der Waals surface area contributed by atoms with Gasteiger partial charge in [0.2, 0.25) is 0 Å². The van der Waals surface area contributed by atoms with Gasteiger partial charge in [-0.1, -0.05) is 80.1 Å². The van der Waals surface area contributed by atoms with Crippen molar-refractivity contribution in [2.45, 2.75) is 53.9 Å². The number of carbonyl (C=O) groups excluding carboxylic acids is 1. The molecule has 174 valence electrons. The molecule has 0 radical (unpaired) electrons. The standard InChI is InChI=1S/C13H17NOS.C8H9Br.C3H9N.C2H6/c1-4-5-11(8-9-14-3)13-7-6-12(16-13)10(2)15;9-8-6-4-2-1-3-5-7-8;1-3-4-2;1-2/h5-9,14H,4H2,1-3H3;1-2,5-7H,3-4H2;4H,3H2,1-2H3;1-2H3/b9-8-,11-5+;2-1-,7-5-,8-6?;;. The van der Waals surface area contributed by atoms with Crippen molar-refractivity contribution in [2.75, 3.05) is 20.6 Å². The summed E-state index contributed by atoms with van der Waals surface area (Å²) in [6.07, 6.45) is 19.9. The minimum absolute atomic E-state index is 0.129. The molecule has 0 saturated carbocycles. The van der Waals surface area contributed by atoms with E-state index in [4.69, 9.17) is 0 Å². The van der Waals surface area contributed by atoms with Gasteiger partial charge in [-0.2, -0.15) is 0 Å². The van der Waals surface area contributed by atoms with Crippen molar-refractivity contribution >= 4 is 38.6 Å². The van der Waals surface area contributed by atoms with Gasteiger partial charge in [-0.3, -0.25) is 4.79 Å². The van der Waals surface area contributed by atoms with E-state index in [2.05, 4.69) is 76.9 Å². The summed E-state index contributed by atoms with van der Waals surface area (Å²) in [5.74, 6) is 0.129. The van der Waals surface area contributed by atoms with Crippen molar-refractivity contribution < 1.29 is 4.79 Å². The molecule has 0 unspecified atom stereocenters. The van der Waals surface area contributed by atoms with Crippen LogP contribution >= 0.6 is 27.3 Å². The van der Waals surface area contributed by atoms with Gasteiger partial charge in [-0.15, -0.1) is 11.3 Å². The minimum atomic E-state index is 0.129. The molecule has 2 N–H and O–H groups in total. The molecule has 1 aromatic rings. The Morgan fingerprint density at radius 2 is 1.71 bits per heavy atom. The molecule has 0 aromatic carbocycles. The zero-order valence-electron chi connectivity index (χ0n) is 20.3.